The van der Waals surface area contributed by atoms with Gasteiger partial charge in [-0.15, -0.1) is 0 Å². The van der Waals surface area contributed by atoms with Crippen LogP contribution in [-0.2, 0) is 0 Å². The van der Waals surface area contributed by atoms with Gasteiger partial charge < -0.3 is 5.32 Å². The van der Waals surface area contributed by atoms with Gasteiger partial charge in [-0.25, -0.2) is 0 Å². The van der Waals surface area contributed by atoms with Crippen molar-refractivity contribution in [2.24, 2.45) is 11.8 Å². The molecule has 7 nitrogen and oxygen atoms in total. The summed E-state index contributed by atoms with van der Waals surface area (Å²) in [6.45, 7) is 4.43. The molecule has 0 aliphatic rings. The normalized spacial score (nSPS) is 14.5. The number of hydrogen-bond acceptors (Lipinski definition) is 5. The standard InChI is InChI=1S/C8H17N3O4/c1-7(5-10(12)13)3-9-4-8(2)6-11(14)15/h7-9H,3-6H2,1-2H3. The summed E-state index contributed by atoms with van der Waals surface area (Å²) in [6, 6.07) is 0. The molecule has 0 radical (unpaired) electrons. The Morgan fingerprint density at radius 1 is 1.00 bits per heavy atom. The van der Waals surface area contributed by atoms with E-state index in [-0.39, 0.29) is 34.8 Å². The number of hydrogen-bond donors (Lipinski definition) is 1. The third kappa shape index (κ3) is 9.07. The maximum atomic E-state index is 10.1. The molecule has 0 spiro atoms. The lowest BCUT2D eigenvalue weighted by Crippen LogP contribution is -2.31. The second-order valence-corrected chi connectivity index (χ2v) is 3.90. The summed E-state index contributed by atoms with van der Waals surface area (Å²) >= 11 is 0. The third-order valence-corrected chi connectivity index (χ3v) is 1.91. The van der Waals surface area contributed by atoms with Crippen molar-refractivity contribution in [3.63, 3.8) is 0 Å². The van der Waals surface area contributed by atoms with Crippen LogP contribution in [0.1, 0.15) is 13.8 Å². The highest BCUT2D eigenvalue weighted by Crippen LogP contribution is 1.95. The first-order valence-corrected chi connectivity index (χ1v) is 4.86. The molecular weight excluding hydrogens is 202 g/mol. The van der Waals surface area contributed by atoms with Gasteiger partial charge in [0.1, 0.15) is 0 Å². The van der Waals surface area contributed by atoms with Gasteiger partial charge in [-0.1, -0.05) is 13.8 Å². The zero-order valence-electron chi connectivity index (χ0n) is 9.01. The second-order valence-electron chi connectivity index (χ2n) is 3.90. The van der Waals surface area contributed by atoms with Gasteiger partial charge in [-0.3, -0.25) is 20.2 Å². The van der Waals surface area contributed by atoms with Crippen molar-refractivity contribution in [1.82, 2.24) is 5.32 Å². The zero-order chi connectivity index (χ0) is 11.8. The smallest absolute Gasteiger partial charge is 0.207 e. The van der Waals surface area contributed by atoms with Gasteiger partial charge in [0.15, 0.2) is 0 Å². The molecule has 0 aromatic heterocycles. The van der Waals surface area contributed by atoms with Gasteiger partial charge in [-0.2, -0.15) is 0 Å². The van der Waals surface area contributed by atoms with E-state index in [9.17, 15) is 20.2 Å². The molecule has 0 aromatic carbocycles. The Labute approximate surface area is 88.1 Å². The largest absolute Gasteiger partial charge is 0.316 e. The minimum Gasteiger partial charge on any atom is -0.316 e. The molecule has 0 saturated heterocycles. The molecule has 0 amide bonds. The Morgan fingerprint density at radius 2 is 1.33 bits per heavy atom. The first-order chi connectivity index (χ1) is 6.91. The van der Waals surface area contributed by atoms with Crippen LogP contribution in [0.2, 0.25) is 0 Å². The quantitative estimate of drug-likeness (QED) is 0.470. The van der Waals surface area contributed by atoms with Gasteiger partial charge in [0.05, 0.1) is 0 Å². The lowest BCUT2D eigenvalue weighted by atomic mass is 10.1. The second kappa shape index (κ2) is 7.10. The number of nitrogens with one attached hydrogen (secondary N) is 1. The van der Waals surface area contributed by atoms with E-state index in [4.69, 9.17) is 0 Å². The molecule has 88 valence electrons. The van der Waals surface area contributed by atoms with Crippen LogP contribution in [0.4, 0.5) is 0 Å². The van der Waals surface area contributed by atoms with Crippen LogP contribution in [0.15, 0.2) is 0 Å². The van der Waals surface area contributed by atoms with Crippen LogP contribution in [0, 0.1) is 32.1 Å². The lowest BCUT2D eigenvalue weighted by molar-refractivity contribution is -0.487. The van der Waals surface area contributed by atoms with Gasteiger partial charge in [-0.05, 0) is 0 Å². The molecule has 0 bridgehead atoms. The Balaban J connectivity index is 3.52. The van der Waals surface area contributed by atoms with Crippen LogP contribution in [-0.4, -0.2) is 36.0 Å². The van der Waals surface area contributed by atoms with Crippen molar-refractivity contribution in [3.8, 4) is 0 Å². The average molecular weight is 219 g/mol. The van der Waals surface area contributed by atoms with E-state index < -0.39 is 0 Å². The van der Waals surface area contributed by atoms with Crippen molar-refractivity contribution in [2.45, 2.75) is 13.8 Å². The number of nitro groups is 2. The Kier molecular flexibility index (Phi) is 6.52. The zero-order valence-corrected chi connectivity index (χ0v) is 9.01. The summed E-state index contributed by atoms with van der Waals surface area (Å²) in [6.07, 6.45) is 0. The molecule has 0 aromatic rings. The highest BCUT2D eigenvalue weighted by atomic mass is 16.6. The first-order valence-electron chi connectivity index (χ1n) is 4.86. The van der Waals surface area contributed by atoms with E-state index >= 15 is 0 Å². The van der Waals surface area contributed by atoms with Crippen LogP contribution in [0.3, 0.4) is 0 Å². The van der Waals surface area contributed by atoms with E-state index in [2.05, 4.69) is 5.32 Å². The molecule has 7 heteroatoms. The monoisotopic (exact) mass is 219 g/mol. The Hall–Kier alpha value is -1.24. The van der Waals surface area contributed by atoms with Crippen molar-refractivity contribution in [1.29, 1.82) is 0 Å². The molecular formula is C8H17N3O4. The van der Waals surface area contributed by atoms with Crippen molar-refractivity contribution in [2.75, 3.05) is 26.2 Å². The fourth-order valence-corrected chi connectivity index (χ4v) is 1.21. The summed E-state index contributed by atoms with van der Waals surface area (Å²) in [4.78, 5) is 19.6. The summed E-state index contributed by atoms with van der Waals surface area (Å²) in [5, 5.41) is 23.3. The van der Waals surface area contributed by atoms with E-state index in [1.165, 1.54) is 0 Å². The van der Waals surface area contributed by atoms with Crippen molar-refractivity contribution >= 4 is 0 Å². The summed E-state index contributed by atoms with van der Waals surface area (Å²) in [7, 11) is 0. The van der Waals surface area contributed by atoms with E-state index in [1.54, 1.807) is 13.8 Å². The molecule has 0 saturated carbocycles. The summed E-state index contributed by atoms with van der Waals surface area (Å²) in [5.41, 5.74) is 0. The summed E-state index contributed by atoms with van der Waals surface area (Å²) < 4.78 is 0. The molecule has 0 fully saturated rings. The van der Waals surface area contributed by atoms with Crippen LogP contribution in [0.25, 0.3) is 0 Å². The molecule has 2 unspecified atom stereocenters. The summed E-state index contributed by atoms with van der Waals surface area (Å²) in [5.74, 6) is -0.106. The van der Waals surface area contributed by atoms with Crippen LogP contribution in [0.5, 0.6) is 0 Å². The van der Waals surface area contributed by atoms with Gasteiger partial charge in [0.2, 0.25) is 13.1 Å². The van der Waals surface area contributed by atoms with E-state index in [0.717, 1.165) is 0 Å². The number of nitrogens with zero attached hydrogens (tertiary/aromatic N) is 2. The lowest BCUT2D eigenvalue weighted by Gasteiger charge is -2.10. The van der Waals surface area contributed by atoms with Gasteiger partial charge in [0, 0.05) is 34.8 Å². The maximum Gasteiger partial charge on any atom is 0.207 e. The van der Waals surface area contributed by atoms with Gasteiger partial charge in [0.25, 0.3) is 0 Å². The van der Waals surface area contributed by atoms with Crippen LogP contribution < -0.4 is 5.32 Å². The fraction of sp³-hybridized carbons (Fsp3) is 1.00. The average Bonchev–Trinajstić information content (AvgIpc) is 2.00. The Bertz CT molecular complexity index is 200. The predicted octanol–water partition coefficient (Wildman–Crippen LogP) is 0.402. The van der Waals surface area contributed by atoms with Crippen LogP contribution >= 0.6 is 0 Å². The molecule has 0 heterocycles. The highest BCUT2D eigenvalue weighted by molar-refractivity contribution is 4.59. The molecule has 15 heavy (non-hydrogen) atoms. The molecule has 0 rings (SSSR count). The predicted molar refractivity (Wildman–Crippen MR) is 54.9 cm³/mol. The topological polar surface area (TPSA) is 98.3 Å². The fourth-order valence-electron chi connectivity index (χ4n) is 1.21. The minimum atomic E-state index is -0.354. The third-order valence-electron chi connectivity index (χ3n) is 1.91. The van der Waals surface area contributed by atoms with E-state index in [0.29, 0.717) is 13.1 Å². The molecule has 1 N–H and O–H groups in total. The number of rotatable bonds is 8. The maximum absolute atomic E-state index is 10.1. The SMILES string of the molecule is CC(CNCC(C)C[N+](=O)[O-])C[N+](=O)[O-]. The van der Waals surface area contributed by atoms with Crippen molar-refractivity contribution < 1.29 is 9.85 Å². The first kappa shape index (κ1) is 13.8. The Morgan fingerprint density at radius 3 is 1.60 bits per heavy atom. The highest BCUT2D eigenvalue weighted by Gasteiger charge is 2.11. The minimum absolute atomic E-state index is 0.0530. The van der Waals surface area contributed by atoms with Gasteiger partial charge >= 0.3 is 0 Å². The molecule has 0 aliphatic heterocycles. The molecule has 0 aliphatic carbocycles. The van der Waals surface area contributed by atoms with Crippen molar-refractivity contribution in [3.05, 3.63) is 20.2 Å². The van der Waals surface area contributed by atoms with E-state index in [1.807, 2.05) is 0 Å². The molecule has 2 atom stereocenters.